The number of aryl methyl sites for hydroxylation is 1. The number of carbonyl (C=O) groups excluding carboxylic acids is 1. The molecule has 0 saturated heterocycles. The lowest BCUT2D eigenvalue weighted by molar-refractivity contribution is 0.102. The molecule has 0 unspecified atom stereocenters. The molecule has 1 N–H and O–H groups in total. The number of rotatable bonds is 6. The fourth-order valence-corrected chi connectivity index (χ4v) is 4.12. The van der Waals surface area contributed by atoms with E-state index >= 15 is 0 Å². The van der Waals surface area contributed by atoms with Crippen LogP contribution in [0.15, 0.2) is 82.8 Å². The third kappa shape index (κ3) is 5.31. The van der Waals surface area contributed by atoms with Gasteiger partial charge in [0.15, 0.2) is 5.16 Å². The number of amides is 1. The van der Waals surface area contributed by atoms with Crippen molar-refractivity contribution in [3.63, 3.8) is 0 Å². The molecule has 0 atom stereocenters. The molecule has 0 fully saturated rings. The van der Waals surface area contributed by atoms with Crippen molar-refractivity contribution in [3.05, 3.63) is 101 Å². The minimum atomic E-state index is -0.298. The number of carbonyl (C=O) groups is 1. The van der Waals surface area contributed by atoms with E-state index in [0.29, 0.717) is 23.0 Å². The Hall–Kier alpha value is -3.16. The molecule has 4 rings (SSSR count). The summed E-state index contributed by atoms with van der Waals surface area (Å²) < 4.78 is 14.8. The molecule has 31 heavy (non-hydrogen) atoms. The normalized spacial score (nSPS) is 10.8. The number of para-hydroxylation sites is 1. The van der Waals surface area contributed by atoms with E-state index in [4.69, 9.17) is 11.6 Å². The maximum absolute atomic E-state index is 13.2. The molecule has 3 aromatic carbocycles. The Morgan fingerprint density at radius 1 is 1.10 bits per heavy atom. The minimum Gasteiger partial charge on any atom is -0.321 e. The van der Waals surface area contributed by atoms with Crippen molar-refractivity contribution >= 4 is 35.0 Å². The van der Waals surface area contributed by atoms with Gasteiger partial charge in [0.25, 0.3) is 5.91 Å². The van der Waals surface area contributed by atoms with Crippen molar-refractivity contribution in [1.82, 2.24) is 14.8 Å². The van der Waals surface area contributed by atoms with Gasteiger partial charge in [0, 0.05) is 10.5 Å². The van der Waals surface area contributed by atoms with Gasteiger partial charge in [0.05, 0.1) is 12.2 Å². The van der Waals surface area contributed by atoms with Crippen molar-refractivity contribution in [2.24, 2.45) is 0 Å². The van der Waals surface area contributed by atoms with Gasteiger partial charge in [-0.05, 0) is 72.2 Å². The summed E-state index contributed by atoms with van der Waals surface area (Å²) in [5, 5.41) is 7.88. The predicted molar refractivity (Wildman–Crippen MR) is 120 cm³/mol. The van der Waals surface area contributed by atoms with E-state index < -0.39 is 0 Å². The molecule has 0 bridgehead atoms. The third-order valence-corrected chi connectivity index (χ3v) is 5.69. The Kier molecular flexibility index (Phi) is 6.34. The summed E-state index contributed by atoms with van der Waals surface area (Å²) in [6.45, 7) is 2.33. The molecule has 0 aliphatic heterocycles. The molecule has 0 aliphatic carbocycles. The van der Waals surface area contributed by atoms with Crippen LogP contribution in [0, 0.1) is 12.7 Å². The van der Waals surface area contributed by atoms with Gasteiger partial charge in [-0.25, -0.2) is 9.07 Å². The predicted octanol–water partition coefficient (Wildman–Crippen LogP) is 5.83. The number of hydrogen-bond acceptors (Lipinski definition) is 4. The highest BCUT2D eigenvalue weighted by Crippen LogP contribution is 2.33. The zero-order chi connectivity index (χ0) is 21.8. The quantitative estimate of drug-likeness (QED) is 0.399. The van der Waals surface area contributed by atoms with Crippen LogP contribution in [0.5, 0.6) is 0 Å². The first-order chi connectivity index (χ1) is 15.0. The van der Waals surface area contributed by atoms with Crippen LogP contribution in [-0.2, 0) is 6.54 Å². The number of aromatic nitrogens is 3. The van der Waals surface area contributed by atoms with Gasteiger partial charge < -0.3 is 5.32 Å². The number of nitrogens with zero attached hydrogens (tertiary/aromatic N) is 3. The number of halogens is 2. The molecule has 0 saturated carbocycles. The standard InChI is InChI=1S/C23H18ClFN4OS/c1-15-5-4-6-17(13-15)21(30)26-19-7-2-3-8-20(19)31-23-27-22(24)28-29(23)14-16-9-11-18(25)12-10-16/h2-13H,14H2,1H3,(H,26,30). The second-order valence-corrected chi connectivity index (χ2v) is 8.22. The highest BCUT2D eigenvalue weighted by atomic mass is 35.5. The number of hydrogen-bond donors (Lipinski definition) is 1. The fourth-order valence-electron chi connectivity index (χ4n) is 2.98. The smallest absolute Gasteiger partial charge is 0.255 e. The average Bonchev–Trinajstić information content (AvgIpc) is 3.09. The Balaban J connectivity index is 1.57. The van der Waals surface area contributed by atoms with Crippen molar-refractivity contribution in [1.29, 1.82) is 0 Å². The van der Waals surface area contributed by atoms with Gasteiger partial charge in [-0.2, -0.15) is 4.98 Å². The lowest BCUT2D eigenvalue weighted by Crippen LogP contribution is -2.12. The third-order valence-electron chi connectivity index (χ3n) is 4.47. The Bertz CT molecular complexity index is 1230. The second-order valence-electron chi connectivity index (χ2n) is 6.87. The van der Waals surface area contributed by atoms with Crippen molar-refractivity contribution in [3.8, 4) is 0 Å². The molecule has 1 amide bonds. The van der Waals surface area contributed by atoms with Crippen LogP contribution in [0.4, 0.5) is 10.1 Å². The molecular weight excluding hydrogens is 435 g/mol. The number of nitrogens with one attached hydrogen (secondary N) is 1. The average molecular weight is 453 g/mol. The summed E-state index contributed by atoms with van der Waals surface area (Å²) in [6, 6.07) is 21.0. The molecule has 156 valence electrons. The van der Waals surface area contributed by atoms with Gasteiger partial charge in [0.2, 0.25) is 5.28 Å². The van der Waals surface area contributed by atoms with Crippen LogP contribution in [0.25, 0.3) is 0 Å². The first-order valence-electron chi connectivity index (χ1n) is 9.47. The summed E-state index contributed by atoms with van der Waals surface area (Å²) in [7, 11) is 0. The lowest BCUT2D eigenvalue weighted by Gasteiger charge is -2.11. The van der Waals surface area contributed by atoms with Gasteiger partial charge in [-0.3, -0.25) is 4.79 Å². The summed E-state index contributed by atoms with van der Waals surface area (Å²) >= 11 is 7.40. The van der Waals surface area contributed by atoms with Crippen molar-refractivity contribution in [2.45, 2.75) is 23.5 Å². The summed E-state index contributed by atoms with van der Waals surface area (Å²) in [6.07, 6.45) is 0. The fraction of sp³-hybridized carbons (Fsp3) is 0.0870. The van der Waals surface area contributed by atoms with E-state index in [1.807, 2.05) is 49.4 Å². The minimum absolute atomic E-state index is 0.117. The van der Waals surface area contributed by atoms with Crippen molar-refractivity contribution in [2.75, 3.05) is 5.32 Å². The molecule has 0 aliphatic rings. The molecule has 8 heteroatoms. The highest BCUT2D eigenvalue weighted by molar-refractivity contribution is 7.99. The molecule has 5 nitrogen and oxygen atoms in total. The van der Waals surface area contributed by atoms with Gasteiger partial charge >= 0.3 is 0 Å². The SMILES string of the molecule is Cc1cccc(C(=O)Nc2ccccc2Sc2nc(Cl)nn2Cc2ccc(F)cc2)c1. The topological polar surface area (TPSA) is 59.8 Å². The molecule has 0 spiro atoms. The highest BCUT2D eigenvalue weighted by Gasteiger charge is 2.15. The van der Waals surface area contributed by atoms with Crippen molar-refractivity contribution < 1.29 is 9.18 Å². The Morgan fingerprint density at radius 3 is 2.65 bits per heavy atom. The molecular formula is C23H18ClFN4OS. The van der Waals surface area contributed by atoms with E-state index in [1.54, 1.807) is 22.9 Å². The lowest BCUT2D eigenvalue weighted by atomic mass is 10.1. The monoisotopic (exact) mass is 452 g/mol. The van der Waals surface area contributed by atoms with Crippen LogP contribution in [0.3, 0.4) is 0 Å². The first kappa shape index (κ1) is 21.1. The zero-order valence-corrected chi connectivity index (χ0v) is 18.1. The van der Waals surface area contributed by atoms with Gasteiger partial charge in [0.1, 0.15) is 5.82 Å². The molecule has 1 aromatic heterocycles. The largest absolute Gasteiger partial charge is 0.321 e. The molecule has 4 aromatic rings. The maximum atomic E-state index is 13.2. The number of benzene rings is 3. The van der Waals surface area contributed by atoms with E-state index in [9.17, 15) is 9.18 Å². The number of anilines is 1. The Morgan fingerprint density at radius 2 is 1.87 bits per heavy atom. The zero-order valence-electron chi connectivity index (χ0n) is 16.5. The van der Waals surface area contributed by atoms with E-state index in [0.717, 1.165) is 16.0 Å². The van der Waals surface area contributed by atoms with Crippen LogP contribution in [0.2, 0.25) is 5.28 Å². The van der Waals surface area contributed by atoms with E-state index in [2.05, 4.69) is 15.4 Å². The van der Waals surface area contributed by atoms with E-state index in [1.165, 1.54) is 23.9 Å². The van der Waals surface area contributed by atoms with Gasteiger partial charge in [-0.1, -0.05) is 42.0 Å². The van der Waals surface area contributed by atoms with Gasteiger partial charge in [-0.15, -0.1) is 5.10 Å². The van der Waals surface area contributed by atoms with Crippen LogP contribution in [0.1, 0.15) is 21.5 Å². The maximum Gasteiger partial charge on any atom is 0.255 e. The summed E-state index contributed by atoms with van der Waals surface area (Å²) in [5.41, 5.74) is 3.12. The first-order valence-corrected chi connectivity index (χ1v) is 10.7. The Labute approximate surface area is 188 Å². The van der Waals surface area contributed by atoms with E-state index in [-0.39, 0.29) is 17.0 Å². The second kappa shape index (κ2) is 9.32. The summed E-state index contributed by atoms with van der Waals surface area (Å²) in [5.74, 6) is -0.490. The molecule has 1 heterocycles. The summed E-state index contributed by atoms with van der Waals surface area (Å²) in [4.78, 5) is 17.8. The molecule has 0 radical (unpaired) electrons. The van der Waals surface area contributed by atoms with Crippen LogP contribution < -0.4 is 5.32 Å². The van der Waals surface area contributed by atoms with Crippen LogP contribution in [-0.4, -0.2) is 20.7 Å². The van der Waals surface area contributed by atoms with Crippen LogP contribution >= 0.6 is 23.4 Å².